The van der Waals surface area contributed by atoms with Gasteiger partial charge in [-0.3, -0.25) is 4.79 Å². The van der Waals surface area contributed by atoms with E-state index in [4.69, 9.17) is 18.6 Å². The SMILES string of the molecule is C=C(C)[C@H](CCCO[Si](c1ccccc1)(c1ccccc1)C(C)(C)C)[C@@H](CCc1cccc(OC)c1)C(=O)N1C[C@H](OC(C)(C)C)C[C@H]1COC(C)(C)C. The predicted molar refractivity (Wildman–Crippen MR) is 226 cm³/mol. The number of ether oxygens (including phenoxy) is 3. The van der Waals surface area contributed by atoms with Crippen molar-refractivity contribution in [3.05, 3.63) is 103 Å². The maximum atomic E-state index is 15.1. The van der Waals surface area contributed by atoms with Crippen LogP contribution in [0.1, 0.15) is 100 Å². The molecule has 0 spiro atoms. The zero-order valence-electron chi connectivity index (χ0n) is 35.2. The van der Waals surface area contributed by atoms with E-state index in [0.717, 1.165) is 42.6 Å². The number of hydrogen-bond donors (Lipinski definition) is 0. The highest BCUT2D eigenvalue weighted by Crippen LogP contribution is 2.38. The quantitative estimate of drug-likeness (QED) is 0.0781. The Labute approximate surface area is 328 Å². The zero-order chi connectivity index (χ0) is 39.7. The maximum Gasteiger partial charge on any atom is 0.261 e. The summed E-state index contributed by atoms with van der Waals surface area (Å²) in [4.78, 5) is 17.2. The molecule has 54 heavy (non-hydrogen) atoms. The summed E-state index contributed by atoms with van der Waals surface area (Å²) in [6.07, 6.45) is 3.79. The third-order valence-electron chi connectivity index (χ3n) is 10.6. The van der Waals surface area contributed by atoms with E-state index in [2.05, 4.69) is 154 Å². The number of benzene rings is 3. The van der Waals surface area contributed by atoms with Crippen molar-refractivity contribution in [1.82, 2.24) is 4.90 Å². The van der Waals surface area contributed by atoms with Crippen LogP contribution in [0.5, 0.6) is 5.75 Å². The number of carbonyl (C=O) groups excluding carboxylic acids is 1. The average molecular weight is 756 g/mol. The van der Waals surface area contributed by atoms with Crippen molar-refractivity contribution in [2.75, 3.05) is 26.9 Å². The van der Waals surface area contributed by atoms with E-state index in [9.17, 15) is 0 Å². The van der Waals surface area contributed by atoms with E-state index >= 15 is 4.79 Å². The lowest BCUT2D eigenvalue weighted by molar-refractivity contribution is -0.141. The molecule has 6 nitrogen and oxygen atoms in total. The van der Waals surface area contributed by atoms with Crippen LogP contribution in [0, 0.1) is 11.8 Å². The van der Waals surface area contributed by atoms with E-state index in [1.165, 1.54) is 10.4 Å². The Hall–Kier alpha value is -3.23. The summed E-state index contributed by atoms with van der Waals surface area (Å²) in [5, 5.41) is 2.44. The molecule has 7 heteroatoms. The number of likely N-dealkylation sites (tertiary alicyclic amines) is 1. The van der Waals surface area contributed by atoms with Gasteiger partial charge in [0.2, 0.25) is 5.91 Å². The van der Waals surface area contributed by atoms with Crippen molar-refractivity contribution in [2.45, 2.75) is 130 Å². The molecule has 1 aliphatic heterocycles. The largest absolute Gasteiger partial charge is 0.497 e. The number of methoxy groups -OCH3 is 1. The molecular formula is C47H69NO5Si. The summed E-state index contributed by atoms with van der Waals surface area (Å²) in [7, 11) is -0.991. The fraction of sp³-hybridized carbons (Fsp3) is 0.553. The molecule has 0 aromatic heterocycles. The Morgan fingerprint density at radius 2 is 1.44 bits per heavy atom. The van der Waals surface area contributed by atoms with Crippen molar-refractivity contribution >= 4 is 24.6 Å². The number of amides is 1. The fourth-order valence-corrected chi connectivity index (χ4v) is 12.8. The number of allylic oxidation sites excluding steroid dienone is 1. The summed E-state index contributed by atoms with van der Waals surface area (Å²) in [6, 6.07) is 29.7. The van der Waals surface area contributed by atoms with Crippen LogP contribution in [-0.4, -0.2) is 69.3 Å². The number of rotatable bonds is 17. The Balaban J connectivity index is 1.64. The molecule has 0 saturated carbocycles. The molecule has 0 unspecified atom stereocenters. The summed E-state index contributed by atoms with van der Waals surface area (Å²) < 4.78 is 25.7. The van der Waals surface area contributed by atoms with Gasteiger partial charge >= 0.3 is 0 Å². The van der Waals surface area contributed by atoms with Gasteiger partial charge < -0.3 is 23.5 Å². The molecule has 1 aliphatic rings. The minimum Gasteiger partial charge on any atom is -0.497 e. The number of hydrogen-bond acceptors (Lipinski definition) is 5. The second kappa shape index (κ2) is 18.6. The lowest BCUT2D eigenvalue weighted by atomic mass is 9.79. The minimum atomic E-state index is -2.69. The van der Waals surface area contributed by atoms with Crippen LogP contribution in [0.15, 0.2) is 97.1 Å². The van der Waals surface area contributed by atoms with E-state index in [0.29, 0.717) is 26.2 Å². The molecule has 1 heterocycles. The van der Waals surface area contributed by atoms with Gasteiger partial charge in [0.1, 0.15) is 5.75 Å². The minimum absolute atomic E-state index is 0.0161. The van der Waals surface area contributed by atoms with Crippen LogP contribution in [0.4, 0.5) is 0 Å². The molecule has 1 saturated heterocycles. The monoisotopic (exact) mass is 755 g/mol. The molecule has 0 N–H and O–H groups in total. The lowest BCUT2D eigenvalue weighted by Gasteiger charge is -2.43. The Bertz CT molecular complexity index is 1580. The second-order valence-corrected chi connectivity index (χ2v) is 22.6. The molecular weight excluding hydrogens is 687 g/mol. The topological polar surface area (TPSA) is 57.2 Å². The molecule has 296 valence electrons. The predicted octanol–water partition coefficient (Wildman–Crippen LogP) is 9.39. The van der Waals surface area contributed by atoms with E-state index < -0.39 is 8.32 Å². The van der Waals surface area contributed by atoms with Crippen LogP contribution in [0.25, 0.3) is 0 Å². The highest BCUT2D eigenvalue weighted by atomic mass is 28.4. The normalized spacial score (nSPS) is 18.0. The van der Waals surface area contributed by atoms with Crippen molar-refractivity contribution in [1.29, 1.82) is 0 Å². The molecule has 3 aromatic carbocycles. The van der Waals surface area contributed by atoms with Crippen molar-refractivity contribution in [3.63, 3.8) is 0 Å². The summed E-state index contributed by atoms with van der Waals surface area (Å²) in [6.45, 7) is 27.6. The van der Waals surface area contributed by atoms with E-state index in [1.807, 2.05) is 12.1 Å². The van der Waals surface area contributed by atoms with E-state index in [-0.39, 0.29) is 46.1 Å². The zero-order valence-corrected chi connectivity index (χ0v) is 36.2. The molecule has 4 rings (SSSR count). The van der Waals surface area contributed by atoms with Crippen LogP contribution in [0.2, 0.25) is 5.04 Å². The average Bonchev–Trinajstić information content (AvgIpc) is 3.50. The second-order valence-electron chi connectivity index (χ2n) is 18.3. The van der Waals surface area contributed by atoms with Gasteiger partial charge in [0.05, 0.1) is 37.1 Å². The van der Waals surface area contributed by atoms with Crippen LogP contribution < -0.4 is 15.1 Å². The molecule has 0 aliphatic carbocycles. The highest BCUT2D eigenvalue weighted by Gasteiger charge is 2.50. The molecule has 0 radical (unpaired) electrons. The molecule has 1 fully saturated rings. The van der Waals surface area contributed by atoms with Gasteiger partial charge in [0, 0.05) is 19.1 Å². The number of aryl methyl sites for hydroxylation is 1. The van der Waals surface area contributed by atoms with Gasteiger partial charge in [-0.25, -0.2) is 0 Å². The van der Waals surface area contributed by atoms with Crippen LogP contribution in [0.3, 0.4) is 0 Å². The van der Waals surface area contributed by atoms with Crippen molar-refractivity contribution in [2.24, 2.45) is 11.8 Å². The van der Waals surface area contributed by atoms with Crippen LogP contribution >= 0.6 is 0 Å². The van der Waals surface area contributed by atoms with Gasteiger partial charge in [0.25, 0.3) is 8.32 Å². The third kappa shape index (κ3) is 11.6. The summed E-state index contributed by atoms with van der Waals surface area (Å²) in [5.74, 6) is 0.722. The maximum absolute atomic E-state index is 15.1. The Morgan fingerprint density at radius 1 is 0.833 bits per heavy atom. The third-order valence-corrected chi connectivity index (χ3v) is 15.6. The molecule has 4 atom stereocenters. The van der Waals surface area contributed by atoms with Gasteiger partial charge in [-0.2, -0.15) is 0 Å². The van der Waals surface area contributed by atoms with Gasteiger partial charge in [-0.1, -0.05) is 106 Å². The summed E-state index contributed by atoms with van der Waals surface area (Å²) >= 11 is 0. The molecule has 0 bridgehead atoms. The first-order chi connectivity index (χ1) is 25.3. The molecule has 3 aromatic rings. The van der Waals surface area contributed by atoms with E-state index in [1.54, 1.807) is 7.11 Å². The smallest absolute Gasteiger partial charge is 0.261 e. The fourth-order valence-electron chi connectivity index (χ4n) is 8.17. The van der Waals surface area contributed by atoms with Gasteiger partial charge in [-0.15, -0.1) is 0 Å². The first kappa shape index (κ1) is 43.5. The Morgan fingerprint density at radius 3 is 1.96 bits per heavy atom. The van der Waals surface area contributed by atoms with Crippen LogP contribution in [-0.2, 0) is 25.1 Å². The molecule has 1 amide bonds. The van der Waals surface area contributed by atoms with Gasteiger partial charge in [-0.05, 0) is 120 Å². The summed E-state index contributed by atoms with van der Waals surface area (Å²) in [5.41, 5.74) is 1.57. The Kier molecular flexibility index (Phi) is 15.0. The van der Waals surface area contributed by atoms with Crippen molar-refractivity contribution < 1.29 is 23.4 Å². The van der Waals surface area contributed by atoms with Gasteiger partial charge in [0.15, 0.2) is 0 Å². The number of carbonyl (C=O) groups is 1. The lowest BCUT2D eigenvalue weighted by Crippen LogP contribution is -2.66. The standard InChI is InChI=1S/C47H69NO5Si/c1-35(2)42(27-20-30-52-54(47(9,10)11,40-23-15-13-16-24-40)41-25-17-14-18-26-41)43(29-28-36-21-19-22-38(31-36)50-12)44(49)48-33-39(53-46(6,7)8)32-37(48)34-51-45(3,4)5/h13-19,21-26,31,37,39,42-43H,1,20,27-30,32-34H2,2-12H3/t37-,39+,42-,43+/m0/s1. The van der Waals surface area contributed by atoms with Crippen molar-refractivity contribution in [3.8, 4) is 5.75 Å². The first-order valence-corrected chi connectivity index (χ1v) is 21.9. The highest BCUT2D eigenvalue weighted by molar-refractivity contribution is 6.99. The number of nitrogens with zero attached hydrogens (tertiary/aromatic N) is 1. The first-order valence-electron chi connectivity index (χ1n) is 20.0.